The number of piperidine rings is 1. The summed E-state index contributed by atoms with van der Waals surface area (Å²) in [5.74, 6) is -2.11. The van der Waals surface area contributed by atoms with Crippen LogP contribution in [0.25, 0.3) is 5.69 Å². The summed E-state index contributed by atoms with van der Waals surface area (Å²) in [4.78, 5) is 25.6. The van der Waals surface area contributed by atoms with Gasteiger partial charge in [-0.2, -0.15) is 18.3 Å². The van der Waals surface area contributed by atoms with Crippen molar-refractivity contribution >= 4 is 11.8 Å². The zero-order valence-corrected chi connectivity index (χ0v) is 14.3. The van der Waals surface area contributed by atoms with Crippen LogP contribution in [0, 0.1) is 5.82 Å². The average Bonchev–Trinajstić information content (AvgIpc) is 3.04. The smallest absolute Gasteiger partial charge is 0.349 e. The highest BCUT2D eigenvalue weighted by atomic mass is 19.4. The van der Waals surface area contributed by atoms with E-state index in [9.17, 15) is 27.2 Å². The van der Waals surface area contributed by atoms with Crippen molar-refractivity contribution in [3.8, 4) is 5.69 Å². The predicted octanol–water partition coefficient (Wildman–Crippen LogP) is 2.38. The fourth-order valence-electron chi connectivity index (χ4n) is 2.92. The van der Waals surface area contributed by atoms with Crippen LogP contribution < -0.4 is 5.32 Å². The Kier molecular flexibility index (Phi) is 4.90. The second-order valence-corrected chi connectivity index (χ2v) is 6.25. The van der Waals surface area contributed by atoms with Gasteiger partial charge in [0.05, 0.1) is 11.8 Å². The lowest BCUT2D eigenvalue weighted by molar-refractivity contribution is -0.143. The van der Waals surface area contributed by atoms with Crippen molar-refractivity contribution in [1.29, 1.82) is 0 Å². The first-order valence-electron chi connectivity index (χ1n) is 8.13. The minimum Gasteiger partial charge on any atom is -0.349 e. The first kappa shape index (κ1) is 18.9. The van der Waals surface area contributed by atoms with Crippen LogP contribution in [0.2, 0.25) is 0 Å². The molecule has 10 heteroatoms. The van der Waals surface area contributed by atoms with Crippen molar-refractivity contribution in [2.75, 3.05) is 13.6 Å². The molecule has 1 atom stereocenters. The van der Waals surface area contributed by atoms with Gasteiger partial charge in [0.1, 0.15) is 11.5 Å². The molecule has 1 unspecified atom stereocenters. The van der Waals surface area contributed by atoms with Crippen LogP contribution >= 0.6 is 0 Å². The van der Waals surface area contributed by atoms with Crippen molar-refractivity contribution in [3.05, 3.63) is 47.5 Å². The Morgan fingerprint density at radius 3 is 2.63 bits per heavy atom. The average molecular weight is 384 g/mol. The Labute approximate surface area is 151 Å². The van der Waals surface area contributed by atoms with Gasteiger partial charge in [-0.15, -0.1) is 0 Å². The Balaban J connectivity index is 1.93. The van der Waals surface area contributed by atoms with Crippen LogP contribution in [0.15, 0.2) is 30.5 Å². The number of benzene rings is 1. The van der Waals surface area contributed by atoms with Gasteiger partial charge in [-0.3, -0.25) is 9.59 Å². The van der Waals surface area contributed by atoms with Gasteiger partial charge >= 0.3 is 6.18 Å². The molecule has 3 rings (SSSR count). The lowest BCUT2D eigenvalue weighted by Gasteiger charge is -2.29. The van der Waals surface area contributed by atoms with Gasteiger partial charge in [-0.1, -0.05) is 12.1 Å². The van der Waals surface area contributed by atoms with E-state index >= 15 is 0 Å². The minimum atomic E-state index is -4.94. The molecule has 0 bridgehead atoms. The standard InChI is InChI=1S/C17H16F4N4O2/c1-24-7-6-10(8-14(24)26)23-16(27)11-9-22-25(15(11)17(19,20)21)13-5-3-2-4-12(13)18/h2-5,9-10H,6-8H2,1H3,(H,23,27). The third kappa shape index (κ3) is 3.79. The fraction of sp³-hybridized carbons (Fsp3) is 0.353. The van der Waals surface area contributed by atoms with Gasteiger partial charge in [0.25, 0.3) is 5.91 Å². The molecule has 2 amide bonds. The molecule has 1 N–H and O–H groups in total. The molecule has 1 aliphatic heterocycles. The molecule has 1 aromatic heterocycles. The van der Waals surface area contributed by atoms with Gasteiger partial charge in [-0.25, -0.2) is 9.07 Å². The SMILES string of the molecule is CN1CCC(NC(=O)c2cnn(-c3ccccc3F)c2C(F)(F)F)CC1=O. The Bertz CT molecular complexity index is 878. The summed E-state index contributed by atoms with van der Waals surface area (Å²) in [6.45, 7) is 0.393. The number of hydrogen-bond donors (Lipinski definition) is 1. The zero-order valence-electron chi connectivity index (χ0n) is 14.3. The molecule has 6 nitrogen and oxygen atoms in total. The largest absolute Gasteiger partial charge is 0.434 e. The van der Waals surface area contributed by atoms with Gasteiger partial charge in [0.15, 0.2) is 5.69 Å². The number of aromatic nitrogens is 2. The van der Waals surface area contributed by atoms with Crippen LogP contribution in [0.1, 0.15) is 28.9 Å². The number of carbonyl (C=O) groups is 2. The first-order valence-corrected chi connectivity index (χ1v) is 8.13. The lowest BCUT2D eigenvalue weighted by atomic mass is 10.0. The molecule has 1 saturated heterocycles. The number of rotatable bonds is 3. The third-order valence-electron chi connectivity index (χ3n) is 4.36. The van der Waals surface area contributed by atoms with E-state index in [1.54, 1.807) is 7.05 Å². The van der Waals surface area contributed by atoms with Gasteiger partial charge < -0.3 is 10.2 Å². The van der Waals surface area contributed by atoms with Crippen molar-refractivity contribution in [2.24, 2.45) is 0 Å². The highest BCUT2D eigenvalue weighted by molar-refractivity contribution is 5.96. The van der Waals surface area contributed by atoms with Crippen LogP contribution in [-0.2, 0) is 11.0 Å². The first-order chi connectivity index (χ1) is 12.7. The van der Waals surface area contributed by atoms with Gasteiger partial charge in [0, 0.05) is 26.1 Å². The number of carbonyl (C=O) groups excluding carboxylic acids is 2. The Hall–Kier alpha value is -2.91. The van der Waals surface area contributed by atoms with Crippen molar-refractivity contribution < 1.29 is 27.2 Å². The van der Waals surface area contributed by atoms with Crippen LogP contribution in [0.4, 0.5) is 17.6 Å². The number of nitrogens with one attached hydrogen (secondary N) is 1. The molecule has 1 aliphatic rings. The van der Waals surface area contributed by atoms with E-state index in [1.807, 2.05) is 0 Å². The fourth-order valence-corrected chi connectivity index (χ4v) is 2.92. The van der Waals surface area contributed by atoms with Crippen LogP contribution in [-0.4, -0.2) is 46.1 Å². The number of nitrogens with zero attached hydrogens (tertiary/aromatic N) is 3. The van der Waals surface area contributed by atoms with Gasteiger partial charge in [-0.05, 0) is 18.6 Å². The topological polar surface area (TPSA) is 67.2 Å². The molecular weight excluding hydrogens is 368 g/mol. The second-order valence-electron chi connectivity index (χ2n) is 6.25. The second kappa shape index (κ2) is 7.01. The number of hydrogen-bond acceptors (Lipinski definition) is 3. The normalized spacial score (nSPS) is 17.9. The summed E-state index contributed by atoms with van der Waals surface area (Å²) in [5, 5.41) is 6.02. The summed E-state index contributed by atoms with van der Waals surface area (Å²) in [6, 6.07) is 4.26. The molecule has 0 saturated carbocycles. The van der Waals surface area contributed by atoms with E-state index in [0.717, 1.165) is 18.3 Å². The highest BCUT2D eigenvalue weighted by Crippen LogP contribution is 2.34. The van der Waals surface area contributed by atoms with Gasteiger partial charge in [0.2, 0.25) is 5.91 Å². The summed E-state index contributed by atoms with van der Waals surface area (Å²) in [7, 11) is 1.61. The zero-order chi connectivity index (χ0) is 19.8. The van der Waals surface area contributed by atoms with E-state index < -0.39 is 40.9 Å². The molecule has 2 heterocycles. The van der Waals surface area contributed by atoms with E-state index in [-0.39, 0.29) is 12.3 Å². The Morgan fingerprint density at radius 1 is 1.30 bits per heavy atom. The summed E-state index contributed by atoms with van der Waals surface area (Å²) in [6.07, 6.45) is -3.75. The van der Waals surface area contributed by atoms with E-state index in [1.165, 1.54) is 17.0 Å². The molecule has 1 fully saturated rings. The number of halogens is 4. The van der Waals surface area contributed by atoms with Crippen LogP contribution in [0.3, 0.4) is 0 Å². The molecule has 27 heavy (non-hydrogen) atoms. The summed E-state index contributed by atoms with van der Waals surface area (Å²) in [5.41, 5.74) is -2.51. The van der Waals surface area contributed by atoms with E-state index in [2.05, 4.69) is 10.4 Å². The summed E-state index contributed by atoms with van der Waals surface area (Å²) < 4.78 is 55.1. The third-order valence-corrected chi connectivity index (χ3v) is 4.36. The maximum atomic E-state index is 13.9. The lowest BCUT2D eigenvalue weighted by Crippen LogP contribution is -2.46. The number of alkyl halides is 3. The van der Waals surface area contributed by atoms with Crippen molar-refractivity contribution in [1.82, 2.24) is 20.0 Å². The van der Waals surface area contributed by atoms with E-state index in [0.29, 0.717) is 17.6 Å². The number of amides is 2. The molecule has 0 aliphatic carbocycles. The summed E-state index contributed by atoms with van der Waals surface area (Å²) >= 11 is 0. The highest BCUT2D eigenvalue weighted by Gasteiger charge is 2.41. The molecule has 1 aromatic carbocycles. The molecular formula is C17H16F4N4O2. The van der Waals surface area contributed by atoms with Crippen LogP contribution in [0.5, 0.6) is 0 Å². The number of para-hydroxylation sites is 1. The minimum absolute atomic E-state index is 0.00500. The molecule has 144 valence electrons. The monoisotopic (exact) mass is 384 g/mol. The maximum absolute atomic E-state index is 13.9. The quantitative estimate of drug-likeness (QED) is 0.827. The molecule has 2 aromatic rings. The molecule has 0 radical (unpaired) electrons. The Morgan fingerprint density at radius 2 is 2.00 bits per heavy atom. The van der Waals surface area contributed by atoms with Crippen molar-refractivity contribution in [2.45, 2.75) is 25.1 Å². The maximum Gasteiger partial charge on any atom is 0.434 e. The molecule has 0 spiro atoms. The van der Waals surface area contributed by atoms with Crippen molar-refractivity contribution in [3.63, 3.8) is 0 Å². The predicted molar refractivity (Wildman–Crippen MR) is 86.6 cm³/mol. The van der Waals surface area contributed by atoms with E-state index in [4.69, 9.17) is 0 Å². The number of likely N-dealkylation sites (tertiary alicyclic amines) is 1.